The van der Waals surface area contributed by atoms with E-state index >= 15 is 0 Å². The number of amides is 1. The van der Waals surface area contributed by atoms with Gasteiger partial charge in [0, 0.05) is 7.05 Å². The number of nitrogens with zero attached hydrogens (tertiary/aromatic N) is 1. The van der Waals surface area contributed by atoms with Gasteiger partial charge in [0.25, 0.3) is 5.91 Å². The molecule has 0 aliphatic rings. The molecule has 0 aromatic heterocycles. The van der Waals surface area contributed by atoms with E-state index in [1.165, 1.54) is 18.9 Å². The van der Waals surface area contributed by atoms with Crippen LogP contribution < -0.4 is 4.74 Å². The van der Waals surface area contributed by atoms with Crippen LogP contribution in [0.4, 0.5) is 0 Å². The summed E-state index contributed by atoms with van der Waals surface area (Å²) in [4.78, 5) is 24.3. The molecule has 1 amide bonds. The molecule has 0 saturated carbocycles. The van der Waals surface area contributed by atoms with Crippen LogP contribution in [-0.2, 0) is 4.79 Å². The number of hydrogen-bond acceptors (Lipinski definition) is 3. The van der Waals surface area contributed by atoms with Crippen molar-refractivity contribution in [1.82, 2.24) is 4.90 Å². The first-order valence-electron chi connectivity index (χ1n) is 5.81. The first-order valence-corrected chi connectivity index (χ1v) is 5.81. The monoisotopic (exact) mass is 263 g/mol. The summed E-state index contributed by atoms with van der Waals surface area (Å²) >= 11 is 0. The number of carbonyl (C=O) groups excluding carboxylic acids is 1. The molecular weight excluding hydrogens is 246 g/mol. The van der Waals surface area contributed by atoms with E-state index in [2.05, 4.69) is 6.58 Å². The summed E-state index contributed by atoms with van der Waals surface area (Å²) in [6, 6.07) is 5.81. The quantitative estimate of drug-likeness (QED) is 0.795. The fourth-order valence-corrected chi connectivity index (χ4v) is 1.45. The Kier molecular flexibility index (Phi) is 5.11. The molecule has 1 aromatic rings. The summed E-state index contributed by atoms with van der Waals surface area (Å²) in [5, 5.41) is 8.92. The molecule has 0 saturated heterocycles. The van der Waals surface area contributed by atoms with Crippen LogP contribution >= 0.6 is 0 Å². The van der Waals surface area contributed by atoms with Crippen LogP contribution in [0.15, 0.2) is 36.9 Å². The van der Waals surface area contributed by atoms with Crippen molar-refractivity contribution in [2.45, 2.75) is 13.0 Å². The predicted molar refractivity (Wildman–Crippen MR) is 71.3 cm³/mol. The van der Waals surface area contributed by atoms with E-state index in [1.54, 1.807) is 30.3 Å². The van der Waals surface area contributed by atoms with Crippen molar-refractivity contribution in [2.24, 2.45) is 0 Å². The summed E-state index contributed by atoms with van der Waals surface area (Å²) in [7, 11) is 1.45. The molecule has 0 bridgehead atoms. The van der Waals surface area contributed by atoms with Gasteiger partial charge in [-0.3, -0.25) is 4.79 Å². The van der Waals surface area contributed by atoms with Gasteiger partial charge in [-0.05, 0) is 19.1 Å². The summed E-state index contributed by atoms with van der Waals surface area (Å²) in [5.74, 6) is -1.04. The Bertz CT molecular complexity index is 484. The standard InChI is InChI=1S/C14H17NO4/c1-4-9-19-12-8-6-5-7-11(12)13(16)15(3)10(2)14(17)18/h4-8,10H,1,9H2,2-3H3,(H,17,18). The third-order valence-electron chi connectivity index (χ3n) is 2.73. The van der Waals surface area contributed by atoms with Gasteiger partial charge in [-0.2, -0.15) is 0 Å². The second-order valence-electron chi connectivity index (χ2n) is 4.03. The number of rotatable bonds is 6. The molecule has 5 heteroatoms. The normalized spacial score (nSPS) is 11.5. The number of para-hydroxylation sites is 1. The molecule has 0 aliphatic carbocycles. The van der Waals surface area contributed by atoms with Gasteiger partial charge >= 0.3 is 5.97 Å². The Morgan fingerprint density at radius 2 is 2.11 bits per heavy atom. The fourth-order valence-electron chi connectivity index (χ4n) is 1.45. The maximum Gasteiger partial charge on any atom is 0.326 e. The average Bonchev–Trinajstić information content (AvgIpc) is 2.42. The lowest BCUT2D eigenvalue weighted by molar-refractivity contribution is -0.141. The molecule has 5 nitrogen and oxygen atoms in total. The number of carboxylic acids is 1. The van der Waals surface area contributed by atoms with Crippen molar-refractivity contribution in [3.63, 3.8) is 0 Å². The first kappa shape index (κ1) is 14.8. The zero-order chi connectivity index (χ0) is 14.4. The van der Waals surface area contributed by atoms with Crippen LogP contribution in [0.25, 0.3) is 0 Å². The number of carboxylic acid groups (broad SMARTS) is 1. The van der Waals surface area contributed by atoms with E-state index in [1.807, 2.05) is 0 Å². The van der Waals surface area contributed by atoms with E-state index < -0.39 is 17.9 Å². The van der Waals surface area contributed by atoms with Crippen LogP contribution in [0, 0.1) is 0 Å². The van der Waals surface area contributed by atoms with Gasteiger partial charge in [-0.25, -0.2) is 4.79 Å². The molecular formula is C14H17NO4. The minimum atomic E-state index is -1.06. The van der Waals surface area contributed by atoms with Crippen LogP contribution in [0.2, 0.25) is 0 Å². The minimum Gasteiger partial charge on any atom is -0.489 e. The molecule has 19 heavy (non-hydrogen) atoms. The highest BCUT2D eigenvalue weighted by Crippen LogP contribution is 2.20. The van der Waals surface area contributed by atoms with Crippen molar-refractivity contribution >= 4 is 11.9 Å². The average molecular weight is 263 g/mol. The summed E-state index contributed by atoms with van der Waals surface area (Å²) in [6.07, 6.45) is 1.57. The Balaban J connectivity index is 2.98. The number of ether oxygens (including phenoxy) is 1. The SMILES string of the molecule is C=CCOc1ccccc1C(=O)N(C)C(C)C(=O)O. The molecule has 0 fully saturated rings. The topological polar surface area (TPSA) is 66.8 Å². The highest BCUT2D eigenvalue weighted by Gasteiger charge is 2.24. The maximum atomic E-state index is 12.2. The highest BCUT2D eigenvalue weighted by atomic mass is 16.5. The summed E-state index contributed by atoms with van der Waals surface area (Å²) < 4.78 is 5.38. The van der Waals surface area contributed by atoms with Crippen LogP contribution in [-0.4, -0.2) is 41.6 Å². The highest BCUT2D eigenvalue weighted by molar-refractivity contribution is 5.98. The number of aliphatic carboxylic acids is 1. The number of hydrogen-bond donors (Lipinski definition) is 1. The molecule has 0 heterocycles. The molecule has 1 rings (SSSR count). The molecule has 1 unspecified atom stereocenters. The number of carbonyl (C=O) groups is 2. The second-order valence-corrected chi connectivity index (χ2v) is 4.03. The smallest absolute Gasteiger partial charge is 0.326 e. The van der Waals surface area contributed by atoms with Crippen molar-refractivity contribution in [3.8, 4) is 5.75 Å². The van der Waals surface area contributed by atoms with Crippen molar-refractivity contribution < 1.29 is 19.4 Å². The van der Waals surface area contributed by atoms with E-state index in [0.717, 1.165) is 0 Å². The number of likely N-dealkylation sites (N-methyl/N-ethyl adjacent to an activating group) is 1. The Hall–Kier alpha value is -2.30. The van der Waals surface area contributed by atoms with Crippen molar-refractivity contribution in [1.29, 1.82) is 0 Å². The summed E-state index contributed by atoms with van der Waals surface area (Å²) in [5.41, 5.74) is 0.333. The van der Waals surface area contributed by atoms with Gasteiger partial charge in [0.15, 0.2) is 0 Å². The van der Waals surface area contributed by atoms with Crippen molar-refractivity contribution in [2.75, 3.05) is 13.7 Å². The van der Waals surface area contributed by atoms with Crippen LogP contribution in [0.1, 0.15) is 17.3 Å². The van der Waals surface area contributed by atoms with E-state index in [4.69, 9.17) is 9.84 Å². The van der Waals surface area contributed by atoms with Crippen molar-refractivity contribution in [3.05, 3.63) is 42.5 Å². The number of benzene rings is 1. The minimum absolute atomic E-state index is 0.280. The molecule has 1 aromatic carbocycles. The van der Waals surface area contributed by atoms with Gasteiger partial charge in [0.05, 0.1) is 5.56 Å². The molecule has 102 valence electrons. The van der Waals surface area contributed by atoms with Gasteiger partial charge in [-0.1, -0.05) is 24.8 Å². The Morgan fingerprint density at radius 3 is 2.68 bits per heavy atom. The third kappa shape index (κ3) is 3.58. The van der Waals surface area contributed by atoms with E-state index in [9.17, 15) is 9.59 Å². The lowest BCUT2D eigenvalue weighted by Gasteiger charge is -2.22. The lowest BCUT2D eigenvalue weighted by Crippen LogP contribution is -2.40. The maximum absolute atomic E-state index is 12.2. The molecule has 1 N–H and O–H groups in total. The molecule has 0 aliphatic heterocycles. The van der Waals surface area contributed by atoms with E-state index in [-0.39, 0.29) is 6.61 Å². The Morgan fingerprint density at radius 1 is 1.47 bits per heavy atom. The third-order valence-corrected chi connectivity index (χ3v) is 2.73. The largest absolute Gasteiger partial charge is 0.489 e. The van der Waals surface area contributed by atoms with E-state index in [0.29, 0.717) is 11.3 Å². The molecule has 0 spiro atoms. The van der Waals surface area contributed by atoms with Gasteiger partial charge in [0.2, 0.25) is 0 Å². The van der Waals surface area contributed by atoms with Gasteiger partial charge < -0.3 is 14.7 Å². The van der Waals surface area contributed by atoms with Crippen LogP contribution in [0.5, 0.6) is 5.75 Å². The van der Waals surface area contributed by atoms with Crippen LogP contribution in [0.3, 0.4) is 0 Å². The molecule has 1 atom stereocenters. The summed E-state index contributed by atoms with van der Waals surface area (Å²) in [6.45, 7) is 5.27. The predicted octanol–water partition coefficient (Wildman–Crippen LogP) is 1.80. The lowest BCUT2D eigenvalue weighted by atomic mass is 10.1. The fraction of sp³-hybridized carbons (Fsp3) is 0.286. The Labute approximate surface area is 112 Å². The van der Waals surface area contributed by atoms with Gasteiger partial charge in [0.1, 0.15) is 18.4 Å². The zero-order valence-corrected chi connectivity index (χ0v) is 11.0. The van der Waals surface area contributed by atoms with Gasteiger partial charge in [-0.15, -0.1) is 0 Å². The second kappa shape index (κ2) is 6.58. The zero-order valence-electron chi connectivity index (χ0n) is 11.0. The first-order chi connectivity index (χ1) is 8.99. The molecule has 0 radical (unpaired) electrons.